The molecule has 0 unspecified atom stereocenters. The van der Waals surface area contributed by atoms with Crippen LogP contribution in [0.5, 0.6) is 5.75 Å². The Morgan fingerprint density at radius 2 is 1.11 bits per heavy atom. The van der Waals surface area contributed by atoms with Crippen molar-refractivity contribution in [2.24, 2.45) is 20.5 Å². The number of benzene rings is 6. The number of azo groups is 2. The van der Waals surface area contributed by atoms with Gasteiger partial charge in [-0.3, -0.25) is 18.7 Å². The summed E-state index contributed by atoms with van der Waals surface area (Å²) in [5.74, 6) is -1.55. The molecular formula is C36H27N7NaO9S2+. The van der Waals surface area contributed by atoms with Crippen LogP contribution < -0.4 is 45.9 Å². The van der Waals surface area contributed by atoms with Gasteiger partial charge in [0.05, 0.1) is 22.0 Å². The molecule has 0 saturated heterocycles. The zero-order chi connectivity index (χ0) is 38.6. The van der Waals surface area contributed by atoms with Crippen LogP contribution in [0.2, 0.25) is 0 Å². The molecule has 6 rings (SSSR count). The number of carbonyl (C=O) groups excluding carboxylic acids is 2. The van der Waals surface area contributed by atoms with E-state index in [9.17, 15) is 36.1 Å². The van der Waals surface area contributed by atoms with E-state index in [-0.39, 0.29) is 62.2 Å². The van der Waals surface area contributed by atoms with Gasteiger partial charge in [-0.05, 0) is 121 Å². The van der Waals surface area contributed by atoms with E-state index in [2.05, 4.69) is 31.1 Å². The summed E-state index contributed by atoms with van der Waals surface area (Å²) in [6, 6.07) is 28.9. The van der Waals surface area contributed by atoms with Crippen molar-refractivity contribution in [2.75, 3.05) is 16.4 Å². The smallest absolute Gasteiger partial charge is 0.505 e. The van der Waals surface area contributed by atoms with Gasteiger partial charge in [0.15, 0.2) is 5.75 Å². The Morgan fingerprint density at radius 3 is 1.67 bits per heavy atom. The van der Waals surface area contributed by atoms with Crippen molar-refractivity contribution < 1.29 is 70.2 Å². The van der Waals surface area contributed by atoms with Gasteiger partial charge in [-0.2, -0.15) is 32.2 Å². The molecule has 0 heterocycles. The summed E-state index contributed by atoms with van der Waals surface area (Å²) in [6.45, 7) is 0. The topological polar surface area (TPSA) is 263 Å². The molecule has 7 N–H and O–H groups in total. The van der Waals surface area contributed by atoms with Gasteiger partial charge in [0.25, 0.3) is 32.1 Å². The maximum Gasteiger partial charge on any atom is 1.00 e. The monoisotopic (exact) mass is 788 g/mol. The van der Waals surface area contributed by atoms with Crippen LogP contribution in [-0.4, -0.2) is 42.9 Å². The number of nitrogen functional groups attached to an aromatic ring is 1. The molecule has 19 heteroatoms. The predicted molar refractivity (Wildman–Crippen MR) is 200 cm³/mol. The molecule has 0 aliphatic carbocycles. The Kier molecular flexibility index (Phi) is 12.2. The van der Waals surface area contributed by atoms with E-state index >= 15 is 0 Å². The van der Waals surface area contributed by atoms with Gasteiger partial charge in [0.2, 0.25) is 0 Å². The van der Waals surface area contributed by atoms with Crippen molar-refractivity contribution >= 4 is 82.6 Å². The minimum absolute atomic E-state index is 0. The molecule has 6 aromatic carbocycles. The fraction of sp³-hybridized carbons (Fsp3) is 0. The van der Waals surface area contributed by atoms with Gasteiger partial charge in [-0.25, -0.2) is 0 Å². The first-order valence-electron chi connectivity index (χ1n) is 15.5. The first-order chi connectivity index (χ1) is 25.6. The first-order valence-corrected chi connectivity index (χ1v) is 18.4. The summed E-state index contributed by atoms with van der Waals surface area (Å²) < 4.78 is 66.3. The van der Waals surface area contributed by atoms with E-state index in [1.165, 1.54) is 78.9 Å². The van der Waals surface area contributed by atoms with Crippen molar-refractivity contribution in [3.8, 4) is 5.75 Å². The molecule has 272 valence electrons. The third-order valence-corrected chi connectivity index (χ3v) is 9.41. The molecule has 6 aromatic rings. The molecule has 0 fully saturated rings. The Labute approximate surface area is 335 Å². The predicted octanol–water partition coefficient (Wildman–Crippen LogP) is 4.96. The van der Waals surface area contributed by atoms with Crippen LogP contribution in [-0.2, 0) is 20.2 Å². The minimum Gasteiger partial charge on any atom is -0.505 e. The quantitative estimate of drug-likeness (QED) is 0.0470. The van der Waals surface area contributed by atoms with E-state index in [0.29, 0.717) is 28.3 Å². The second-order valence-electron chi connectivity index (χ2n) is 11.5. The molecule has 0 saturated carbocycles. The van der Waals surface area contributed by atoms with E-state index in [1.54, 1.807) is 36.4 Å². The van der Waals surface area contributed by atoms with Crippen LogP contribution in [0.3, 0.4) is 0 Å². The number of nitrogens with zero attached hydrogens (tertiary/aromatic N) is 4. The van der Waals surface area contributed by atoms with Crippen molar-refractivity contribution in [3.05, 3.63) is 132 Å². The van der Waals surface area contributed by atoms with Crippen molar-refractivity contribution in [1.29, 1.82) is 0 Å². The fourth-order valence-corrected chi connectivity index (χ4v) is 6.13. The summed E-state index contributed by atoms with van der Waals surface area (Å²) in [7, 11) is -9.28. The summed E-state index contributed by atoms with van der Waals surface area (Å²) in [5.41, 5.74) is 7.72. The minimum atomic E-state index is -4.94. The van der Waals surface area contributed by atoms with E-state index < -0.39 is 48.4 Å². The zero-order valence-corrected chi connectivity index (χ0v) is 32.2. The Hall–Kier alpha value is -5.86. The molecule has 0 atom stereocenters. The Balaban J connectivity index is 0.00000580. The fourth-order valence-electron chi connectivity index (χ4n) is 5.00. The maximum absolute atomic E-state index is 13.1. The summed E-state index contributed by atoms with van der Waals surface area (Å²) in [5, 5.41) is 32.7. The third kappa shape index (κ3) is 10.0. The molecule has 16 nitrogen and oxygen atoms in total. The zero-order valence-electron chi connectivity index (χ0n) is 28.5. The number of hydrogen-bond donors (Lipinski definition) is 6. The van der Waals surface area contributed by atoms with Gasteiger partial charge in [-0.1, -0.05) is 6.07 Å². The largest absolute Gasteiger partial charge is 1.00 e. The number of rotatable bonds is 10. The third-order valence-electron chi connectivity index (χ3n) is 7.67. The number of anilines is 3. The number of nitrogens with two attached hydrogens (primary N) is 1. The molecule has 0 bridgehead atoms. The van der Waals surface area contributed by atoms with Gasteiger partial charge in [-0.15, -0.1) is 5.11 Å². The first kappa shape index (κ1) is 40.3. The number of phenols is 1. The molecule has 55 heavy (non-hydrogen) atoms. The van der Waals surface area contributed by atoms with Crippen LogP contribution in [0, 0.1) is 0 Å². The number of fused-ring (bicyclic) bond motifs is 1. The normalized spacial score (nSPS) is 11.7. The maximum atomic E-state index is 13.1. The molecule has 2 amide bonds. The van der Waals surface area contributed by atoms with Crippen LogP contribution in [0.4, 0.5) is 39.8 Å². The SMILES string of the molecule is Nc1ccc(C(=O)Nc2cccc(C(=O)Nc3ccc4c(O)c(N=Nc5ccc(N=Nc6ccc(S(=O)(=O)O)cc6)cc5)c(S(=O)(=O)O)cc4c3)c2)cc1.[Na+]. The number of aromatic hydroxyl groups is 1. The summed E-state index contributed by atoms with van der Waals surface area (Å²) in [6.07, 6.45) is 0. The number of hydrogen-bond acceptors (Lipinski definition) is 12. The van der Waals surface area contributed by atoms with Crippen LogP contribution in [0.25, 0.3) is 10.8 Å². The van der Waals surface area contributed by atoms with Crippen LogP contribution >= 0.6 is 0 Å². The van der Waals surface area contributed by atoms with Gasteiger partial charge >= 0.3 is 29.6 Å². The average molecular weight is 789 g/mol. The van der Waals surface area contributed by atoms with Crippen LogP contribution in [0.15, 0.2) is 152 Å². The molecule has 0 aromatic heterocycles. The number of amides is 2. The van der Waals surface area contributed by atoms with E-state index in [1.807, 2.05) is 0 Å². The second-order valence-corrected chi connectivity index (χ2v) is 14.3. The summed E-state index contributed by atoms with van der Waals surface area (Å²) in [4.78, 5) is 24.7. The van der Waals surface area contributed by atoms with Crippen molar-refractivity contribution in [3.63, 3.8) is 0 Å². The van der Waals surface area contributed by atoms with Gasteiger partial charge < -0.3 is 21.5 Å². The Morgan fingerprint density at radius 1 is 0.582 bits per heavy atom. The molecule has 0 aliphatic rings. The number of nitrogens with one attached hydrogen (secondary N) is 2. The second kappa shape index (κ2) is 16.7. The Bertz CT molecular complexity index is 2710. The molecule has 0 radical (unpaired) electrons. The molecule has 0 aliphatic heterocycles. The van der Waals surface area contributed by atoms with Crippen LogP contribution in [0.1, 0.15) is 20.7 Å². The van der Waals surface area contributed by atoms with E-state index in [0.717, 1.165) is 6.07 Å². The van der Waals surface area contributed by atoms with Gasteiger partial charge in [0.1, 0.15) is 10.6 Å². The standard InChI is InChI=1S/C36H27N7O9S2.Na/c37-24-6-4-21(5-7-24)35(45)38-28-3-1-2-22(18-28)36(46)39-29-14-17-31-23(19-29)20-32(54(50,51)52)33(34(31)44)43-42-26-10-8-25(9-11-26)40-41-27-12-15-30(16-13-27)53(47,48)49;/h1-20,44H,37H2,(H,38,45)(H,39,46)(H,47,48,49)(H,50,51,52);/q;+1. The molecule has 0 spiro atoms. The molecular weight excluding hydrogens is 762 g/mol. The van der Waals surface area contributed by atoms with E-state index in [4.69, 9.17) is 10.3 Å². The van der Waals surface area contributed by atoms with Gasteiger partial charge in [0, 0.05) is 33.6 Å². The summed E-state index contributed by atoms with van der Waals surface area (Å²) >= 11 is 0. The average Bonchev–Trinajstić information content (AvgIpc) is 3.13. The van der Waals surface area contributed by atoms with Crippen molar-refractivity contribution in [1.82, 2.24) is 0 Å². The number of phenolic OH excluding ortho intramolecular Hbond substituents is 1. The van der Waals surface area contributed by atoms with Crippen molar-refractivity contribution in [2.45, 2.75) is 9.79 Å². The number of carbonyl (C=O) groups is 2.